The molecule has 0 spiro atoms. The third kappa shape index (κ3) is 5.87. The van der Waals surface area contributed by atoms with Gasteiger partial charge in [-0.05, 0) is 48.7 Å². The maximum absolute atomic E-state index is 12.9. The van der Waals surface area contributed by atoms with Crippen LogP contribution in [0, 0.1) is 11.8 Å². The van der Waals surface area contributed by atoms with Crippen molar-refractivity contribution in [1.82, 2.24) is 5.32 Å². The topological polar surface area (TPSA) is 87.7 Å². The molecule has 1 fully saturated rings. The summed E-state index contributed by atoms with van der Waals surface area (Å²) >= 11 is 0. The molecule has 1 aliphatic heterocycles. The number of amides is 3. The van der Waals surface area contributed by atoms with Gasteiger partial charge >= 0.3 is 0 Å². The molecule has 170 valence electrons. The van der Waals surface area contributed by atoms with Gasteiger partial charge in [-0.1, -0.05) is 32.9 Å². The largest absolute Gasteiger partial charge is 0.494 e. The zero-order chi connectivity index (χ0) is 23.1. The summed E-state index contributed by atoms with van der Waals surface area (Å²) in [6.07, 6.45) is 1.05. The van der Waals surface area contributed by atoms with Crippen molar-refractivity contribution in [2.24, 2.45) is 11.8 Å². The Morgan fingerprint density at radius 1 is 1.12 bits per heavy atom. The first-order valence-corrected chi connectivity index (χ1v) is 11.1. The third-order valence-electron chi connectivity index (χ3n) is 5.22. The van der Waals surface area contributed by atoms with Gasteiger partial charge in [0, 0.05) is 25.2 Å². The van der Waals surface area contributed by atoms with Gasteiger partial charge in [-0.2, -0.15) is 0 Å². The molecule has 1 heterocycles. The van der Waals surface area contributed by atoms with E-state index in [1.54, 1.807) is 29.2 Å². The van der Waals surface area contributed by atoms with Crippen molar-refractivity contribution in [2.45, 2.75) is 33.6 Å². The van der Waals surface area contributed by atoms with Crippen LogP contribution in [0.4, 0.5) is 11.4 Å². The maximum Gasteiger partial charge on any atom is 0.253 e. The van der Waals surface area contributed by atoms with E-state index in [1.165, 1.54) is 0 Å². The number of hydrogen-bond donors (Lipinski definition) is 2. The molecule has 3 rings (SSSR count). The van der Waals surface area contributed by atoms with Crippen molar-refractivity contribution in [3.63, 3.8) is 0 Å². The second-order valence-corrected chi connectivity index (χ2v) is 8.39. The van der Waals surface area contributed by atoms with Crippen molar-refractivity contribution in [3.05, 3.63) is 54.1 Å². The standard InChI is InChI=1S/C25H31N3O4/c1-4-13-32-20-11-9-19(10-12-20)28-16-18(14-23(28)29)24(30)27-22-8-6-5-7-21(22)25(31)26-15-17(2)3/h5-12,17-18H,4,13-16H2,1-3H3,(H,26,31)(H,27,30)/t18-/m0/s1. The molecule has 0 radical (unpaired) electrons. The number of para-hydroxylation sites is 1. The normalized spacial score (nSPS) is 15.7. The molecule has 3 amide bonds. The van der Waals surface area contributed by atoms with E-state index in [0.717, 1.165) is 17.9 Å². The SMILES string of the molecule is CCCOc1ccc(N2C[C@@H](C(=O)Nc3ccccc3C(=O)NCC(C)C)CC2=O)cc1. The highest BCUT2D eigenvalue weighted by molar-refractivity contribution is 6.07. The van der Waals surface area contributed by atoms with Gasteiger partial charge < -0.3 is 20.3 Å². The lowest BCUT2D eigenvalue weighted by Crippen LogP contribution is -2.30. The highest BCUT2D eigenvalue weighted by Crippen LogP contribution is 2.28. The van der Waals surface area contributed by atoms with E-state index >= 15 is 0 Å². The van der Waals surface area contributed by atoms with Crippen LogP contribution >= 0.6 is 0 Å². The Kier molecular flexibility index (Phi) is 7.87. The van der Waals surface area contributed by atoms with Gasteiger partial charge in [-0.25, -0.2) is 0 Å². The molecule has 2 aromatic rings. The number of hydrogen-bond acceptors (Lipinski definition) is 4. The van der Waals surface area contributed by atoms with E-state index in [-0.39, 0.29) is 24.1 Å². The second kappa shape index (κ2) is 10.8. The summed E-state index contributed by atoms with van der Waals surface area (Å²) < 4.78 is 5.59. The monoisotopic (exact) mass is 437 g/mol. The van der Waals surface area contributed by atoms with E-state index in [0.29, 0.717) is 36.9 Å². The number of anilines is 2. The van der Waals surface area contributed by atoms with E-state index in [2.05, 4.69) is 10.6 Å². The third-order valence-corrected chi connectivity index (χ3v) is 5.22. The van der Waals surface area contributed by atoms with Gasteiger partial charge in [-0.3, -0.25) is 14.4 Å². The predicted octanol–water partition coefficient (Wildman–Crippen LogP) is 3.85. The van der Waals surface area contributed by atoms with E-state index in [9.17, 15) is 14.4 Å². The minimum atomic E-state index is -0.495. The van der Waals surface area contributed by atoms with Crippen LogP contribution in [0.5, 0.6) is 5.75 Å². The van der Waals surface area contributed by atoms with E-state index in [1.807, 2.05) is 45.0 Å². The zero-order valence-electron chi connectivity index (χ0n) is 18.9. The molecule has 1 aliphatic rings. The summed E-state index contributed by atoms with van der Waals surface area (Å²) in [5, 5.41) is 5.72. The molecule has 0 aliphatic carbocycles. The maximum atomic E-state index is 12.9. The molecule has 0 aromatic heterocycles. The summed E-state index contributed by atoms with van der Waals surface area (Å²) in [7, 11) is 0. The van der Waals surface area contributed by atoms with Crippen LogP contribution in [0.1, 0.15) is 44.0 Å². The molecule has 0 unspecified atom stereocenters. The van der Waals surface area contributed by atoms with Gasteiger partial charge in [0.2, 0.25) is 11.8 Å². The smallest absolute Gasteiger partial charge is 0.253 e. The summed E-state index contributed by atoms with van der Waals surface area (Å²) in [5.41, 5.74) is 1.59. The quantitative estimate of drug-likeness (QED) is 0.624. The molecule has 7 nitrogen and oxygen atoms in total. The number of benzene rings is 2. The lowest BCUT2D eigenvalue weighted by atomic mass is 10.1. The van der Waals surface area contributed by atoms with Crippen molar-refractivity contribution in [2.75, 3.05) is 29.9 Å². The van der Waals surface area contributed by atoms with Crippen LogP contribution in [0.2, 0.25) is 0 Å². The van der Waals surface area contributed by atoms with Gasteiger partial charge in [0.1, 0.15) is 5.75 Å². The Morgan fingerprint density at radius 2 is 1.84 bits per heavy atom. The highest BCUT2D eigenvalue weighted by atomic mass is 16.5. The Labute approximate surface area is 189 Å². The first kappa shape index (κ1) is 23.3. The van der Waals surface area contributed by atoms with Crippen LogP contribution in [0.15, 0.2) is 48.5 Å². The Balaban J connectivity index is 1.65. The number of ether oxygens (including phenoxy) is 1. The number of carbonyl (C=O) groups excluding carboxylic acids is 3. The number of carbonyl (C=O) groups is 3. The first-order chi connectivity index (χ1) is 15.4. The lowest BCUT2D eigenvalue weighted by molar-refractivity contribution is -0.122. The number of nitrogens with zero attached hydrogens (tertiary/aromatic N) is 1. The number of nitrogens with one attached hydrogen (secondary N) is 2. The van der Waals surface area contributed by atoms with Gasteiger partial charge in [0.15, 0.2) is 0 Å². The fraction of sp³-hybridized carbons (Fsp3) is 0.400. The minimum absolute atomic E-state index is 0.102. The first-order valence-electron chi connectivity index (χ1n) is 11.1. The van der Waals surface area contributed by atoms with Crippen LogP contribution in [0.3, 0.4) is 0 Å². The molecule has 7 heteroatoms. The van der Waals surface area contributed by atoms with Crippen LogP contribution < -0.4 is 20.3 Å². The molecule has 32 heavy (non-hydrogen) atoms. The van der Waals surface area contributed by atoms with Crippen molar-refractivity contribution < 1.29 is 19.1 Å². The van der Waals surface area contributed by atoms with E-state index < -0.39 is 5.92 Å². The molecular formula is C25H31N3O4. The van der Waals surface area contributed by atoms with Crippen molar-refractivity contribution in [1.29, 1.82) is 0 Å². The molecule has 0 bridgehead atoms. The fourth-order valence-corrected chi connectivity index (χ4v) is 3.49. The van der Waals surface area contributed by atoms with Gasteiger partial charge in [0.05, 0.1) is 23.8 Å². The average molecular weight is 438 g/mol. The highest BCUT2D eigenvalue weighted by Gasteiger charge is 2.35. The van der Waals surface area contributed by atoms with Gasteiger partial charge in [-0.15, -0.1) is 0 Å². The Hall–Kier alpha value is -3.35. The fourth-order valence-electron chi connectivity index (χ4n) is 3.49. The minimum Gasteiger partial charge on any atom is -0.494 e. The average Bonchev–Trinajstić information content (AvgIpc) is 3.18. The Bertz CT molecular complexity index is 956. The van der Waals surface area contributed by atoms with E-state index in [4.69, 9.17) is 4.74 Å². The molecule has 1 atom stereocenters. The van der Waals surface area contributed by atoms with Crippen molar-refractivity contribution in [3.8, 4) is 5.75 Å². The summed E-state index contributed by atoms with van der Waals surface area (Å²) in [4.78, 5) is 39.6. The van der Waals surface area contributed by atoms with Crippen LogP contribution in [-0.2, 0) is 9.59 Å². The lowest BCUT2D eigenvalue weighted by Gasteiger charge is -2.18. The second-order valence-electron chi connectivity index (χ2n) is 8.39. The zero-order valence-corrected chi connectivity index (χ0v) is 18.9. The van der Waals surface area contributed by atoms with Gasteiger partial charge in [0.25, 0.3) is 5.91 Å². The van der Waals surface area contributed by atoms with Crippen LogP contribution in [0.25, 0.3) is 0 Å². The molecule has 2 N–H and O–H groups in total. The molecule has 0 saturated carbocycles. The molecular weight excluding hydrogens is 406 g/mol. The molecule has 1 saturated heterocycles. The Morgan fingerprint density at radius 3 is 2.53 bits per heavy atom. The van der Waals surface area contributed by atoms with Crippen molar-refractivity contribution >= 4 is 29.1 Å². The van der Waals surface area contributed by atoms with Crippen LogP contribution in [-0.4, -0.2) is 37.4 Å². The summed E-state index contributed by atoms with van der Waals surface area (Å²) in [6.45, 7) is 7.56. The summed E-state index contributed by atoms with van der Waals surface area (Å²) in [6, 6.07) is 14.2. The summed E-state index contributed by atoms with van der Waals surface area (Å²) in [5.74, 6) is -0.0232. The number of rotatable bonds is 9. The molecule has 2 aromatic carbocycles. The predicted molar refractivity (Wildman–Crippen MR) is 125 cm³/mol.